The van der Waals surface area contributed by atoms with Crippen molar-refractivity contribution < 1.29 is 9.15 Å². The zero-order valence-electron chi connectivity index (χ0n) is 6.91. The Labute approximate surface area is 97.4 Å². The molecule has 0 fully saturated rings. The summed E-state index contributed by atoms with van der Waals surface area (Å²) in [6.07, 6.45) is 2.83. The summed E-state index contributed by atoms with van der Waals surface area (Å²) < 4.78 is 12.2. The van der Waals surface area contributed by atoms with Crippen LogP contribution in [0.5, 0.6) is 11.7 Å². The highest BCUT2D eigenvalue weighted by Crippen LogP contribution is 2.28. The van der Waals surface area contributed by atoms with Gasteiger partial charge in [-0.2, -0.15) is 0 Å². The Balaban J connectivity index is 2.25. The smallest absolute Gasteiger partial charge is 0.310 e. The van der Waals surface area contributed by atoms with Crippen molar-refractivity contribution in [3.8, 4) is 11.7 Å². The Morgan fingerprint density at radius 1 is 1.14 bits per heavy atom. The minimum atomic E-state index is 0.370. The van der Waals surface area contributed by atoms with Gasteiger partial charge in [0.2, 0.25) is 0 Å². The van der Waals surface area contributed by atoms with Crippen molar-refractivity contribution in [2.24, 2.45) is 0 Å². The highest BCUT2D eigenvalue weighted by Gasteiger charge is 2.02. The summed E-state index contributed by atoms with van der Waals surface area (Å²) in [6.45, 7) is 0. The van der Waals surface area contributed by atoms with Gasteiger partial charge in [0, 0.05) is 8.95 Å². The number of hydrogen-bond acceptors (Lipinski definition) is 3. The van der Waals surface area contributed by atoms with Gasteiger partial charge in [0.25, 0.3) is 0 Å². The number of benzene rings is 1. The van der Waals surface area contributed by atoms with Crippen LogP contribution in [0.1, 0.15) is 0 Å². The van der Waals surface area contributed by atoms with Gasteiger partial charge in [-0.05, 0) is 18.2 Å². The summed E-state index contributed by atoms with van der Waals surface area (Å²) in [5.74, 6) is 1.05. The molecule has 5 heteroatoms. The lowest BCUT2D eigenvalue weighted by Gasteiger charge is -2.02. The molecule has 0 unspecified atom stereocenters. The van der Waals surface area contributed by atoms with E-state index in [-0.39, 0.29) is 0 Å². The summed E-state index contributed by atoms with van der Waals surface area (Å²) >= 11 is 6.72. The molecule has 72 valence electrons. The monoisotopic (exact) mass is 317 g/mol. The van der Waals surface area contributed by atoms with Crippen molar-refractivity contribution in [2.75, 3.05) is 0 Å². The lowest BCUT2D eigenvalue weighted by atomic mass is 10.3. The van der Waals surface area contributed by atoms with Crippen LogP contribution >= 0.6 is 31.9 Å². The van der Waals surface area contributed by atoms with Gasteiger partial charge in [-0.15, -0.1) is 0 Å². The van der Waals surface area contributed by atoms with Gasteiger partial charge >= 0.3 is 5.95 Å². The Morgan fingerprint density at radius 3 is 2.43 bits per heavy atom. The Hall–Kier alpha value is -0.810. The first-order valence-corrected chi connectivity index (χ1v) is 5.35. The highest BCUT2D eigenvalue weighted by atomic mass is 79.9. The van der Waals surface area contributed by atoms with E-state index in [0.29, 0.717) is 11.7 Å². The molecule has 2 rings (SSSR count). The van der Waals surface area contributed by atoms with Crippen molar-refractivity contribution in [1.29, 1.82) is 0 Å². The van der Waals surface area contributed by atoms with Crippen LogP contribution < -0.4 is 4.74 Å². The van der Waals surface area contributed by atoms with Crippen molar-refractivity contribution in [3.63, 3.8) is 0 Å². The third-order valence-electron chi connectivity index (χ3n) is 1.46. The molecule has 14 heavy (non-hydrogen) atoms. The van der Waals surface area contributed by atoms with Crippen LogP contribution in [-0.2, 0) is 0 Å². The highest BCUT2D eigenvalue weighted by molar-refractivity contribution is 9.11. The van der Waals surface area contributed by atoms with E-state index in [1.165, 1.54) is 12.6 Å². The van der Waals surface area contributed by atoms with Crippen LogP contribution in [0.3, 0.4) is 0 Å². The minimum absolute atomic E-state index is 0.370. The number of rotatable bonds is 2. The topological polar surface area (TPSA) is 35.3 Å². The van der Waals surface area contributed by atoms with E-state index in [4.69, 9.17) is 9.15 Å². The van der Waals surface area contributed by atoms with Gasteiger partial charge in [0.1, 0.15) is 11.9 Å². The van der Waals surface area contributed by atoms with E-state index in [2.05, 4.69) is 36.8 Å². The largest absolute Gasteiger partial charge is 0.425 e. The van der Waals surface area contributed by atoms with E-state index in [9.17, 15) is 0 Å². The quantitative estimate of drug-likeness (QED) is 0.839. The first-order valence-electron chi connectivity index (χ1n) is 3.76. The van der Waals surface area contributed by atoms with E-state index in [1.54, 1.807) is 0 Å². The average molecular weight is 319 g/mol. The van der Waals surface area contributed by atoms with Gasteiger partial charge in [-0.1, -0.05) is 31.9 Å². The van der Waals surface area contributed by atoms with E-state index in [0.717, 1.165) is 8.95 Å². The molecule has 0 aliphatic rings. The maximum Gasteiger partial charge on any atom is 0.310 e. The fourth-order valence-electron chi connectivity index (χ4n) is 0.958. The minimum Gasteiger partial charge on any atom is -0.425 e. The zero-order chi connectivity index (χ0) is 9.97. The van der Waals surface area contributed by atoms with Crippen LogP contribution in [0.15, 0.2) is 44.2 Å². The molecule has 0 spiro atoms. The number of ether oxygens (including phenoxy) is 1. The van der Waals surface area contributed by atoms with Gasteiger partial charge in [-0.3, -0.25) is 0 Å². The number of oxazole rings is 1. The van der Waals surface area contributed by atoms with Crippen molar-refractivity contribution in [1.82, 2.24) is 4.98 Å². The molecule has 0 N–H and O–H groups in total. The Morgan fingerprint density at radius 2 is 1.86 bits per heavy atom. The molecule has 0 saturated carbocycles. The molecule has 0 aliphatic heterocycles. The SMILES string of the molecule is Brc1cc(Br)cc(Oc2cnco2)c1. The van der Waals surface area contributed by atoms with Gasteiger partial charge in [0.15, 0.2) is 6.39 Å². The Kier molecular flexibility index (Phi) is 2.88. The Bertz CT molecular complexity index is 408. The molecule has 1 heterocycles. The fourth-order valence-corrected chi connectivity index (χ4v) is 2.21. The number of aromatic nitrogens is 1. The lowest BCUT2D eigenvalue weighted by Crippen LogP contribution is -1.81. The van der Waals surface area contributed by atoms with Gasteiger partial charge in [0.05, 0.1) is 0 Å². The number of hydrogen-bond donors (Lipinski definition) is 0. The maximum absolute atomic E-state index is 5.39. The molecule has 0 amide bonds. The number of nitrogens with zero attached hydrogens (tertiary/aromatic N) is 1. The van der Waals surface area contributed by atoms with E-state index < -0.39 is 0 Å². The molecule has 3 nitrogen and oxygen atoms in total. The molecule has 1 aromatic carbocycles. The van der Waals surface area contributed by atoms with Crippen LogP contribution in [-0.4, -0.2) is 4.98 Å². The first-order chi connectivity index (χ1) is 6.74. The molecular formula is C9H5Br2NO2. The molecule has 1 aromatic heterocycles. The molecular weight excluding hydrogens is 314 g/mol. The van der Waals surface area contributed by atoms with Crippen LogP contribution in [0, 0.1) is 0 Å². The third kappa shape index (κ3) is 2.36. The zero-order valence-corrected chi connectivity index (χ0v) is 10.1. The third-order valence-corrected chi connectivity index (χ3v) is 2.38. The average Bonchev–Trinajstić information content (AvgIpc) is 2.54. The second-order valence-corrected chi connectivity index (χ2v) is 4.36. The van der Waals surface area contributed by atoms with Crippen molar-refractivity contribution in [3.05, 3.63) is 39.7 Å². The van der Waals surface area contributed by atoms with Gasteiger partial charge < -0.3 is 9.15 Å². The van der Waals surface area contributed by atoms with Crippen LogP contribution in [0.4, 0.5) is 0 Å². The molecule has 0 radical (unpaired) electrons. The summed E-state index contributed by atoms with van der Waals surface area (Å²) in [7, 11) is 0. The van der Waals surface area contributed by atoms with Crippen molar-refractivity contribution >= 4 is 31.9 Å². The molecule has 0 atom stereocenters. The summed E-state index contributed by atoms with van der Waals surface area (Å²) in [6, 6.07) is 5.60. The fraction of sp³-hybridized carbons (Fsp3) is 0. The van der Waals surface area contributed by atoms with Crippen LogP contribution in [0.25, 0.3) is 0 Å². The standard InChI is InChI=1S/C9H5Br2NO2/c10-6-1-7(11)3-8(2-6)14-9-4-12-5-13-9/h1-5H. The molecule has 2 aromatic rings. The summed E-state index contributed by atoms with van der Waals surface area (Å²) in [4.78, 5) is 3.75. The molecule has 0 saturated heterocycles. The lowest BCUT2D eigenvalue weighted by molar-refractivity contribution is 0.346. The van der Waals surface area contributed by atoms with Crippen molar-refractivity contribution in [2.45, 2.75) is 0 Å². The van der Waals surface area contributed by atoms with Crippen LogP contribution in [0.2, 0.25) is 0 Å². The summed E-state index contributed by atoms with van der Waals surface area (Å²) in [5, 5.41) is 0. The second-order valence-electron chi connectivity index (χ2n) is 2.53. The number of halogens is 2. The predicted octanol–water partition coefficient (Wildman–Crippen LogP) is 3.99. The summed E-state index contributed by atoms with van der Waals surface area (Å²) in [5.41, 5.74) is 0. The van der Waals surface area contributed by atoms with E-state index >= 15 is 0 Å². The first kappa shape index (κ1) is 9.73. The maximum atomic E-state index is 5.39. The normalized spacial score (nSPS) is 10.1. The molecule has 0 bridgehead atoms. The van der Waals surface area contributed by atoms with Gasteiger partial charge in [-0.25, -0.2) is 4.98 Å². The predicted molar refractivity (Wildman–Crippen MR) is 58.4 cm³/mol. The molecule has 0 aliphatic carbocycles. The second kappa shape index (κ2) is 4.14. The van der Waals surface area contributed by atoms with E-state index in [1.807, 2.05) is 18.2 Å².